The van der Waals surface area contributed by atoms with Crippen LogP contribution in [0.3, 0.4) is 0 Å². The van der Waals surface area contributed by atoms with E-state index in [2.05, 4.69) is 0 Å². The van der Waals surface area contributed by atoms with Gasteiger partial charge in [-0.2, -0.15) is 0 Å². The van der Waals surface area contributed by atoms with Crippen LogP contribution in [-0.4, -0.2) is 10.6 Å². The first-order valence-corrected chi connectivity index (χ1v) is 5.27. The zero-order chi connectivity index (χ0) is 11.1. The number of phenolic OH excluding ortho intramolecular Hbond substituents is 1. The average Bonchev–Trinajstić information content (AvgIpc) is 2.89. The summed E-state index contributed by atoms with van der Waals surface area (Å²) in [4.78, 5) is 0. The second kappa shape index (κ2) is 3.49. The minimum atomic E-state index is -0.551. The van der Waals surface area contributed by atoms with Crippen LogP contribution in [0.5, 0.6) is 5.75 Å². The van der Waals surface area contributed by atoms with Gasteiger partial charge in [-0.15, -0.1) is 0 Å². The molecule has 1 saturated carbocycles. The van der Waals surface area contributed by atoms with Crippen molar-refractivity contribution >= 4 is 0 Å². The van der Waals surface area contributed by atoms with Gasteiger partial charge in [0.2, 0.25) is 0 Å². The lowest BCUT2D eigenvalue weighted by Gasteiger charge is -2.11. The van der Waals surface area contributed by atoms with Crippen molar-refractivity contribution in [3.8, 4) is 5.75 Å². The minimum absolute atomic E-state index is 0.0104. The van der Waals surface area contributed by atoms with E-state index in [4.69, 9.17) is 5.73 Å². The van der Waals surface area contributed by atoms with Gasteiger partial charge in [0.25, 0.3) is 0 Å². The van der Waals surface area contributed by atoms with Crippen molar-refractivity contribution in [1.82, 2.24) is 0 Å². The van der Waals surface area contributed by atoms with E-state index in [0.29, 0.717) is 0 Å². The van der Waals surface area contributed by atoms with Crippen LogP contribution in [-0.2, 0) is 6.42 Å². The summed E-state index contributed by atoms with van der Waals surface area (Å²) in [6.07, 6.45) is 3.90. The van der Waals surface area contributed by atoms with Crippen molar-refractivity contribution in [3.63, 3.8) is 0 Å². The first-order chi connectivity index (χ1) is 7.00. The smallest absolute Gasteiger partial charge is 0.165 e. The zero-order valence-electron chi connectivity index (χ0n) is 8.89. The van der Waals surface area contributed by atoms with Gasteiger partial charge in [0.15, 0.2) is 11.6 Å². The quantitative estimate of drug-likeness (QED) is 0.802. The number of benzene rings is 1. The van der Waals surface area contributed by atoms with E-state index < -0.39 is 5.82 Å². The van der Waals surface area contributed by atoms with Crippen LogP contribution >= 0.6 is 0 Å². The molecule has 3 heteroatoms. The van der Waals surface area contributed by atoms with Crippen molar-refractivity contribution in [2.45, 2.75) is 38.1 Å². The Labute approximate surface area is 88.9 Å². The maximum Gasteiger partial charge on any atom is 0.165 e. The summed E-state index contributed by atoms with van der Waals surface area (Å²) in [6, 6.07) is 2.89. The third kappa shape index (κ3) is 2.29. The predicted molar refractivity (Wildman–Crippen MR) is 57.3 cm³/mol. The Morgan fingerprint density at radius 1 is 1.47 bits per heavy atom. The molecule has 1 aromatic rings. The molecule has 2 rings (SSSR count). The Kier molecular flexibility index (Phi) is 2.43. The van der Waals surface area contributed by atoms with Crippen LogP contribution in [0.25, 0.3) is 0 Å². The lowest BCUT2D eigenvalue weighted by molar-refractivity contribution is 0.430. The maximum atomic E-state index is 13.0. The molecule has 0 bridgehead atoms. The highest BCUT2D eigenvalue weighted by atomic mass is 19.1. The monoisotopic (exact) mass is 209 g/mol. The van der Waals surface area contributed by atoms with Crippen LogP contribution in [0.15, 0.2) is 12.1 Å². The number of hydrogen-bond acceptors (Lipinski definition) is 2. The normalized spacial score (nSPS) is 17.8. The van der Waals surface area contributed by atoms with Gasteiger partial charge in [-0.1, -0.05) is 0 Å². The minimum Gasteiger partial charge on any atom is -0.505 e. The van der Waals surface area contributed by atoms with Gasteiger partial charge < -0.3 is 10.8 Å². The van der Waals surface area contributed by atoms with E-state index >= 15 is 0 Å². The molecule has 15 heavy (non-hydrogen) atoms. The predicted octanol–water partition coefficient (Wildman–Crippen LogP) is 2.26. The molecule has 0 saturated heterocycles. The molecule has 1 aliphatic rings. The van der Waals surface area contributed by atoms with Crippen molar-refractivity contribution in [3.05, 3.63) is 29.1 Å². The molecule has 0 unspecified atom stereocenters. The van der Waals surface area contributed by atoms with Crippen LogP contribution in [0, 0.1) is 12.7 Å². The van der Waals surface area contributed by atoms with E-state index in [1.165, 1.54) is 12.1 Å². The lowest BCUT2D eigenvalue weighted by Crippen LogP contribution is -2.22. The summed E-state index contributed by atoms with van der Waals surface area (Å²) in [5, 5.41) is 9.26. The fraction of sp³-hybridized carbons (Fsp3) is 0.500. The van der Waals surface area contributed by atoms with E-state index in [0.717, 1.165) is 36.8 Å². The van der Waals surface area contributed by atoms with Gasteiger partial charge in [0.1, 0.15) is 0 Å². The second-order valence-corrected chi connectivity index (χ2v) is 4.59. The van der Waals surface area contributed by atoms with Gasteiger partial charge in [-0.25, -0.2) is 4.39 Å². The summed E-state index contributed by atoms with van der Waals surface area (Å²) < 4.78 is 13.0. The second-order valence-electron chi connectivity index (χ2n) is 4.59. The topological polar surface area (TPSA) is 46.2 Å². The summed E-state index contributed by atoms with van der Waals surface area (Å²) in [5.41, 5.74) is 7.86. The third-order valence-corrected chi connectivity index (χ3v) is 3.19. The number of halogens is 1. The molecular weight excluding hydrogens is 193 g/mol. The fourth-order valence-corrected chi connectivity index (χ4v) is 1.77. The van der Waals surface area contributed by atoms with Gasteiger partial charge in [-0.05, 0) is 55.9 Å². The summed E-state index contributed by atoms with van der Waals surface area (Å²) >= 11 is 0. The molecule has 0 heterocycles. The van der Waals surface area contributed by atoms with Gasteiger partial charge >= 0.3 is 0 Å². The lowest BCUT2D eigenvalue weighted by atomic mass is 10.00. The number of phenols is 1. The van der Waals surface area contributed by atoms with Crippen molar-refractivity contribution in [2.75, 3.05) is 0 Å². The number of aromatic hydroxyl groups is 1. The van der Waals surface area contributed by atoms with E-state index in [1.54, 1.807) is 0 Å². The highest BCUT2D eigenvalue weighted by molar-refractivity contribution is 5.35. The molecule has 0 aliphatic heterocycles. The number of nitrogens with two attached hydrogens (primary N) is 1. The van der Waals surface area contributed by atoms with E-state index in [-0.39, 0.29) is 11.3 Å². The average molecular weight is 209 g/mol. The molecule has 0 spiro atoms. The first kappa shape index (κ1) is 10.4. The summed E-state index contributed by atoms with van der Waals surface area (Å²) in [7, 11) is 0. The largest absolute Gasteiger partial charge is 0.505 e. The van der Waals surface area contributed by atoms with E-state index in [1.807, 2.05) is 6.92 Å². The molecule has 1 fully saturated rings. The molecule has 1 aromatic carbocycles. The Morgan fingerprint density at radius 2 is 2.13 bits per heavy atom. The molecule has 82 valence electrons. The molecule has 0 radical (unpaired) electrons. The maximum absolute atomic E-state index is 13.0. The highest BCUT2D eigenvalue weighted by Crippen LogP contribution is 2.37. The molecule has 0 amide bonds. The standard InChI is InChI=1S/C12H16FNO/c1-8-6-10(13)11(15)7-9(8)2-3-12(14)4-5-12/h6-7,15H,2-5,14H2,1H3. The van der Waals surface area contributed by atoms with Crippen molar-refractivity contribution < 1.29 is 9.50 Å². The molecule has 3 N–H and O–H groups in total. The molecule has 0 aromatic heterocycles. The van der Waals surface area contributed by atoms with Gasteiger partial charge in [0.05, 0.1) is 0 Å². The Hall–Kier alpha value is -1.09. The Balaban J connectivity index is 2.10. The van der Waals surface area contributed by atoms with Crippen LogP contribution in [0.2, 0.25) is 0 Å². The van der Waals surface area contributed by atoms with Crippen LogP contribution in [0.1, 0.15) is 30.4 Å². The summed E-state index contributed by atoms with van der Waals surface area (Å²) in [6.45, 7) is 1.86. The van der Waals surface area contributed by atoms with Crippen molar-refractivity contribution in [2.24, 2.45) is 5.73 Å². The van der Waals surface area contributed by atoms with E-state index in [9.17, 15) is 9.50 Å². The van der Waals surface area contributed by atoms with Crippen LogP contribution < -0.4 is 5.73 Å². The molecule has 0 atom stereocenters. The number of hydrogen-bond donors (Lipinski definition) is 2. The Morgan fingerprint density at radius 3 is 2.73 bits per heavy atom. The highest BCUT2D eigenvalue weighted by Gasteiger charge is 2.37. The van der Waals surface area contributed by atoms with Crippen molar-refractivity contribution in [1.29, 1.82) is 0 Å². The fourth-order valence-electron chi connectivity index (χ4n) is 1.77. The van der Waals surface area contributed by atoms with Crippen LogP contribution in [0.4, 0.5) is 4.39 Å². The molecule has 2 nitrogen and oxygen atoms in total. The Bertz CT molecular complexity index is 385. The first-order valence-electron chi connectivity index (χ1n) is 5.27. The third-order valence-electron chi connectivity index (χ3n) is 3.19. The number of rotatable bonds is 3. The van der Waals surface area contributed by atoms with Gasteiger partial charge in [-0.3, -0.25) is 0 Å². The SMILES string of the molecule is Cc1cc(F)c(O)cc1CCC1(N)CC1. The number of aryl methyl sites for hydroxylation is 2. The summed E-state index contributed by atoms with van der Waals surface area (Å²) in [5.74, 6) is -0.817. The molecule has 1 aliphatic carbocycles. The zero-order valence-corrected chi connectivity index (χ0v) is 8.89. The molecular formula is C12H16FNO. The van der Waals surface area contributed by atoms with Gasteiger partial charge in [0, 0.05) is 5.54 Å².